The van der Waals surface area contributed by atoms with E-state index in [1.165, 1.54) is 32.1 Å². The third-order valence-corrected chi connectivity index (χ3v) is 4.35. The lowest BCUT2D eigenvalue weighted by Gasteiger charge is -2.43. The normalized spacial score (nSPS) is 39.1. The topological polar surface area (TPSA) is 12.0 Å². The fourth-order valence-corrected chi connectivity index (χ4v) is 3.28. The molecule has 1 heteroatoms. The summed E-state index contributed by atoms with van der Waals surface area (Å²) in [6, 6.07) is 0.610. The monoisotopic (exact) mass is 193 g/mol. The molecule has 2 bridgehead atoms. The van der Waals surface area contributed by atoms with Crippen molar-refractivity contribution in [3.8, 4) is 0 Å². The summed E-state index contributed by atoms with van der Waals surface area (Å²) in [6.07, 6.45) is 9.61. The lowest BCUT2D eigenvalue weighted by molar-refractivity contribution is 0.199. The molecule has 1 fully saturated rings. The Balaban J connectivity index is 2.20. The summed E-state index contributed by atoms with van der Waals surface area (Å²) < 4.78 is 0. The maximum atomic E-state index is 3.42. The minimum absolute atomic E-state index is 0.410. The standard InChI is InChI=1S/C13H23N/c1-10(14-3)13(2)8-11-5-4-6-12(7-11)9-13/h8,10,12,14H,4-7,9H2,1-3H3. The van der Waals surface area contributed by atoms with E-state index in [0.717, 1.165) is 5.92 Å². The summed E-state index contributed by atoms with van der Waals surface area (Å²) in [5.41, 5.74) is 2.14. The average molecular weight is 193 g/mol. The first kappa shape index (κ1) is 10.2. The van der Waals surface area contributed by atoms with Gasteiger partial charge in [0.05, 0.1) is 0 Å². The van der Waals surface area contributed by atoms with Crippen LogP contribution in [-0.2, 0) is 0 Å². The lowest BCUT2D eigenvalue weighted by Crippen LogP contribution is -2.42. The van der Waals surface area contributed by atoms with Gasteiger partial charge in [0.1, 0.15) is 0 Å². The van der Waals surface area contributed by atoms with Crippen molar-refractivity contribution in [2.24, 2.45) is 11.3 Å². The fourth-order valence-electron chi connectivity index (χ4n) is 3.28. The van der Waals surface area contributed by atoms with Gasteiger partial charge in [-0.3, -0.25) is 0 Å². The van der Waals surface area contributed by atoms with Crippen molar-refractivity contribution in [1.82, 2.24) is 5.32 Å². The Labute approximate surface area is 88.0 Å². The smallest absolute Gasteiger partial charge is 0.0124 e. The van der Waals surface area contributed by atoms with Crippen LogP contribution in [0.25, 0.3) is 0 Å². The van der Waals surface area contributed by atoms with E-state index in [9.17, 15) is 0 Å². The van der Waals surface area contributed by atoms with Gasteiger partial charge in [-0.2, -0.15) is 0 Å². The predicted octanol–water partition coefficient (Wildman–Crippen LogP) is 3.12. The zero-order valence-corrected chi connectivity index (χ0v) is 9.77. The van der Waals surface area contributed by atoms with E-state index < -0.39 is 0 Å². The summed E-state index contributed by atoms with van der Waals surface area (Å²) in [6.45, 7) is 4.74. The minimum atomic E-state index is 0.410. The summed E-state index contributed by atoms with van der Waals surface area (Å²) >= 11 is 0. The number of hydrogen-bond acceptors (Lipinski definition) is 1. The minimum Gasteiger partial charge on any atom is -0.316 e. The molecule has 0 heterocycles. The summed E-state index contributed by atoms with van der Waals surface area (Å²) in [4.78, 5) is 0. The first-order valence-electron chi connectivity index (χ1n) is 6.02. The van der Waals surface area contributed by atoms with Crippen molar-refractivity contribution in [2.75, 3.05) is 7.05 Å². The van der Waals surface area contributed by atoms with Gasteiger partial charge in [-0.15, -0.1) is 0 Å². The van der Waals surface area contributed by atoms with Crippen LogP contribution in [0, 0.1) is 11.3 Å². The van der Waals surface area contributed by atoms with E-state index in [1.54, 1.807) is 5.57 Å². The number of fused-ring (bicyclic) bond motifs is 2. The zero-order valence-electron chi connectivity index (χ0n) is 9.77. The SMILES string of the molecule is CNC(C)C1(C)C=C2CCCC(C2)C1. The van der Waals surface area contributed by atoms with Crippen molar-refractivity contribution in [3.63, 3.8) is 0 Å². The van der Waals surface area contributed by atoms with E-state index in [-0.39, 0.29) is 0 Å². The summed E-state index contributed by atoms with van der Waals surface area (Å²) in [5, 5.41) is 3.42. The molecule has 0 spiro atoms. The van der Waals surface area contributed by atoms with Crippen molar-refractivity contribution in [3.05, 3.63) is 11.6 Å². The van der Waals surface area contributed by atoms with Gasteiger partial charge in [-0.05, 0) is 52.0 Å². The number of rotatable bonds is 2. The van der Waals surface area contributed by atoms with Crippen LogP contribution in [0.3, 0.4) is 0 Å². The Morgan fingerprint density at radius 2 is 2.36 bits per heavy atom. The molecule has 1 nitrogen and oxygen atoms in total. The zero-order chi connectivity index (χ0) is 10.2. The van der Waals surface area contributed by atoms with E-state index >= 15 is 0 Å². The molecule has 0 amide bonds. The molecule has 3 atom stereocenters. The molecule has 14 heavy (non-hydrogen) atoms. The van der Waals surface area contributed by atoms with Gasteiger partial charge in [0.15, 0.2) is 0 Å². The molecule has 0 saturated heterocycles. The number of allylic oxidation sites excluding steroid dienone is 1. The number of hydrogen-bond donors (Lipinski definition) is 1. The Hall–Kier alpha value is -0.300. The van der Waals surface area contributed by atoms with Crippen LogP contribution in [0.5, 0.6) is 0 Å². The third kappa shape index (κ3) is 1.75. The molecule has 0 aromatic heterocycles. The van der Waals surface area contributed by atoms with Crippen molar-refractivity contribution in [1.29, 1.82) is 0 Å². The maximum absolute atomic E-state index is 3.42. The first-order valence-corrected chi connectivity index (χ1v) is 6.02. The molecule has 3 unspecified atom stereocenters. The van der Waals surface area contributed by atoms with Crippen LogP contribution in [0.1, 0.15) is 46.0 Å². The second-order valence-electron chi connectivity index (χ2n) is 5.49. The molecular formula is C13H23N. The van der Waals surface area contributed by atoms with Crippen LogP contribution in [0.2, 0.25) is 0 Å². The van der Waals surface area contributed by atoms with Crippen molar-refractivity contribution in [2.45, 2.75) is 52.0 Å². The van der Waals surface area contributed by atoms with Gasteiger partial charge in [0.2, 0.25) is 0 Å². The van der Waals surface area contributed by atoms with Gasteiger partial charge < -0.3 is 5.32 Å². The Morgan fingerprint density at radius 1 is 1.57 bits per heavy atom. The van der Waals surface area contributed by atoms with Gasteiger partial charge in [0, 0.05) is 11.5 Å². The van der Waals surface area contributed by atoms with E-state index in [2.05, 4.69) is 32.3 Å². The fraction of sp³-hybridized carbons (Fsp3) is 0.846. The Morgan fingerprint density at radius 3 is 3.00 bits per heavy atom. The largest absolute Gasteiger partial charge is 0.316 e. The highest BCUT2D eigenvalue weighted by Gasteiger charge is 2.36. The second-order valence-corrected chi connectivity index (χ2v) is 5.49. The Kier molecular flexibility index (Phi) is 2.70. The summed E-state index contributed by atoms with van der Waals surface area (Å²) in [5.74, 6) is 0.976. The molecule has 2 rings (SSSR count). The molecule has 0 aliphatic heterocycles. The maximum Gasteiger partial charge on any atom is 0.0124 e. The van der Waals surface area contributed by atoms with Gasteiger partial charge in [0.25, 0.3) is 0 Å². The van der Waals surface area contributed by atoms with Gasteiger partial charge in [-0.25, -0.2) is 0 Å². The Bertz CT molecular complexity index is 244. The van der Waals surface area contributed by atoms with Crippen LogP contribution in [-0.4, -0.2) is 13.1 Å². The number of nitrogens with one attached hydrogen (secondary N) is 1. The highest BCUT2D eigenvalue weighted by Crippen LogP contribution is 2.45. The third-order valence-electron chi connectivity index (χ3n) is 4.35. The van der Waals surface area contributed by atoms with Gasteiger partial charge in [-0.1, -0.05) is 18.6 Å². The molecule has 80 valence electrons. The molecule has 0 aromatic rings. The van der Waals surface area contributed by atoms with E-state index in [0.29, 0.717) is 11.5 Å². The van der Waals surface area contributed by atoms with E-state index in [4.69, 9.17) is 0 Å². The lowest BCUT2D eigenvalue weighted by atomic mass is 9.65. The molecule has 1 saturated carbocycles. The van der Waals surface area contributed by atoms with Crippen molar-refractivity contribution >= 4 is 0 Å². The molecule has 0 aromatic carbocycles. The molecule has 2 aliphatic carbocycles. The first-order chi connectivity index (χ1) is 6.64. The highest BCUT2D eigenvalue weighted by atomic mass is 14.9. The predicted molar refractivity (Wildman–Crippen MR) is 61.3 cm³/mol. The van der Waals surface area contributed by atoms with Crippen LogP contribution in [0.15, 0.2) is 11.6 Å². The van der Waals surface area contributed by atoms with Gasteiger partial charge >= 0.3 is 0 Å². The van der Waals surface area contributed by atoms with Crippen LogP contribution < -0.4 is 5.32 Å². The molecule has 1 N–H and O–H groups in total. The van der Waals surface area contributed by atoms with Crippen LogP contribution >= 0.6 is 0 Å². The van der Waals surface area contributed by atoms with E-state index in [1.807, 2.05) is 0 Å². The second kappa shape index (κ2) is 3.69. The quantitative estimate of drug-likeness (QED) is 0.664. The average Bonchev–Trinajstić information content (AvgIpc) is 2.15. The highest BCUT2D eigenvalue weighted by molar-refractivity contribution is 5.18. The molecular weight excluding hydrogens is 170 g/mol. The van der Waals surface area contributed by atoms with Crippen LogP contribution in [0.4, 0.5) is 0 Å². The summed E-state index contributed by atoms with van der Waals surface area (Å²) in [7, 11) is 2.08. The molecule has 0 radical (unpaired) electrons. The van der Waals surface area contributed by atoms with Crippen molar-refractivity contribution < 1.29 is 0 Å². The molecule has 2 aliphatic rings.